The van der Waals surface area contributed by atoms with Crippen LogP contribution in [0.1, 0.15) is 22.5 Å². The number of rotatable bonds is 6. The van der Waals surface area contributed by atoms with Gasteiger partial charge < -0.3 is 19.2 Å². The van der Waals surface area contributed by atoms with Crippen LogP contribution < -0.4 is 5.32 Å². The van der Waals surface area contributed by atoms with Gasteiger partial charge in [0.25, 0.3) is 0 Å². The summed E-state index contributed by atoms with van der Waals surface area (Å²) in [4.78, 5) is 32.6. The minimum absolute atomic E-state index is 0.0608. The van der Waals surface area contributed by atoms with Crippen LogP contribution in [0.3, 0.4) is 0 Å². The maximum absolute atomic E-state index is 13.1. The molecule has 150 valence electrons. The lowest BCUT2D eigenvalue weighted by Crippen LogP contribution is -2.41. The predicted molar refractivity (Wildman–Crippen MR) is 104 cm³/mol. The van der Waals surface area contributed by atoms with Gasteiger partial charge in [0.2, 0.25) is 5.91 Å². The Morgan fingerprint density at radius 2 is 1.93 bits per heavy atom. The molecule has 2 saturated heterocycles. The molecule has 1 N–H and O–H groups in total. The van der Waals surface area contributed by atoms with Gasteiger partial charge in [-0.25, -0.2) is 4.98 Å². The van der Waals surface area contributed by atoms with E-state index in [1.54, 1.807) is 18.6 Å². The Kier molecular flexibility index (Phi) is 6.16. The van der Waals surface area contributed by atoms with Crippen LogP contribution >= 0.6 is 11.3 Å². The van der Waals surface area contributed by atoms with E-state index in [1.807, 2.05) is 4.90 Å². The highest BCUT2D eigenvalue weighted by atomic mass is 32.1. The summed E-state index contributed by atoms with van der Waals surface area (Å²) < 4.78 is 15.8. The van der Waals surface area contributed by atoms with Crippen molar-refractivity contribution in [3.05, 3.63) is 23.5 Å². The summed E-state index contributed by atoms with van der Waals surface area (Å²) in [6, 6.07) is 1.77. The lowest BCUT2D eigenvalue weighted by atomic mass is 9.93. The van der Waals surface area contributed by atoms with E-state index < -0.39 is 0 Å². The van der Waals surface area contributed by atoms with Crippen molar-refractivity contribution < 1.29 is 23.5 Å². The van der Waals surface area contributed by atoms with Crippen LogP contribution in [0.5, 0.6) is 0 Å². The minimum Gasteiger partial charge on any atom is -0.472 e. The number of carbonyl (C=O) groups excluding carboxylic acids is 2. The van der Waals surface area contributed by atoms with E-state index in [4.69, 9.17) is 13.9 Å². The fourth-order valence-electron chi connectivity index (χ4n) is 3.40. The molecule has 0 saturated carbocycles. The number of nitrogens with zero attached hydrogens (tertiary/aromatic N) is 2. The lowest BCUT2D eigenvalue weighted by molar-refractivity contribution is -0.118. The van der Waals surface area contributed by atoms with E-state index >= 15 is 0 Å². The number of amides is 1. The number of anilines is 1. The van der Waals surface area contributed by atoms with Gasteiger partial charge in [0.05, 0.1) is 38.0 Å². The fraction of sp³-hybridized carbons (Fsp3) is 0.526. The number of ketones is 1. The molecule has 0 radical (unpaired) electrons. The van der Waals surface area contributed by atoms with Crippen molar-refractivity contribution in [3.63, 3.8) is 0 Å². The van der Waals surface area contributed by atoms with Crippen LogP contribution in [0.25, 0.3) is 11.3 Å². The number of carbonyl (C=O) groups is 2. The first kappa shape index (κ1) is 19.3. The molecule has 0 aromatic carbocycles. The first-order valence-corrected chi connectivity index (χ1v) is 10.3. The van der Waals surface area contributed by atoms with E-state index in [-0.39, 0.29) is 24.2 Å². The number of ether oxygens (including phenoxy) is 2. The molecule has 0 atom stereocenters. The molecule has 2 aromatic rings. The van der Waals surface area contributed by atoms with Gasteiger partial charge in [-0.2, -0.15) is 0 Å². The van der Waals surface area contributed by atoms with E-state index in [2.05, 4.69) is 10.3 Å². The highest BCUT2D eigenvalue weighted by Gasteiger charge is 2.29. The smallest absolute Gasteiger partial charge is 0.240 e. The molecule has 28 heavy (non-hydrogen) atoms. The average Bonchev–Trinajstić information content (AvgIpc) is 3.38. The zero-order chi connectivity index (χ0) is 19.3. The molecular weight excluding hydrogens is 382 g/mol. The van der Waals surface area contributed by atoms with Crippen LogP contribution in [-0.2, 0) is 14.3 Å². The molecule has 8 nitrogen and oxygen atoms in total. The highest BCUT2D eigenvalue weighted by molar-refractivity contribution is 7.18. The van der Waals surface area contributed by atoms with Crippen molar-refractivity contribution in [1.29, 1.82) is 0 Å². The maximum Gasteiger partial charge on any atom is 0.240 e. The molecule has 2 aliphatic heterocycles. The Balaban J connectivity index is 1.51. The van der Waals surface area contributed by atoms with Crippen LogP contribution in [-0.4, -0.2) is 67.6 Å². The molecule has 4 rings (SSSR count). The van der Waals surface area contributed by atoms with Crippen LogP contribution in [0.2, 0.25) is 0 Å². The summed E-state index contributed by atoms with van der Waals surface area (Å²) in [6.07, 6.45) is 4.53. The topological polar surface area (TPSA) is 93.9 Å². The Morgan fingerprint density at radius 1 is 1.18 bits per heavy atom. The zero-order valence-electron chi connectivity index (χ0n) is 15.5. The minimum atomic E-state index is -0.139. The Labute approximate surface area is 166 Å². The molecule has 0 unspecified atom stereocenters. The van der Waals surface area contributed by atoms with Gasteiger partial charge >= 0.3 is 0 Å². The average molecular weight is 405 g/mol. The second kappa shape index (κ2) is 8.95. The van der Waals surface area contributed by atoms with Gasteiger partial charge in [0.15, 0.2) is 10.9 Å². The molecule has 4 heterocycles. The number of Topliss-reactive ketones (excluding diaryl/α,β-unsaturated/α-hetero) is 1. The van der Waals surface area contributed by atoms with Crippen LogP contribution in [0.15, 0.2) is 23.0 Å². The van der Waals surface area contributed by atoms with Gasteiger partial charge in [-0.05, 0) is 18.9 Å². The third-order valence-corrected chi connectivity index (χ3v) is 5.94. The molecule has 1 amide bonds. The first-order chi connectivity index (χ1) is 13.7. The SMILES string of the molecule is O=C(CN1CCOCC1)Nc1nc(-c2ccoc2)c(C(=O)C2CCOCC2)s1. The number of morpholine rings is 1. The van der Waals surface area contributed by atoms with E-state index in [0.29, 0.717) is 55.0 Å². The number of hydrogen-bond donors (Lipinski definition) is 1. The largest absolute Gasteiger partial charge is 0.472 e. The summed E-state index contributed by atoms with van der Waals surface area (Å²) in [6.45, 7) is 4.22. The van der Waals surface area contributed by atoms with Crippen molar-refractivity contribution in [1.82, 2.24) is 9.88 Å². The normalized spacial score (nSPS) is 18.9. The third-order valence-electron chi connectivity index (χ3n) is 4.95. The van der Waals surface area contributed by atoms with Gasteiger partial charge in [0, 0.05) is 37.8 Å². The van der Waals surface area contributed by atoms with Crippen molar-refractivity contribution in [3.8, 4) is 11.3 Å². The fourth-order valence-corrected chi connectivity index (χ4v) is 4.42. The second-order valence-corrected chi connectivity index (χ2v) is 7.90. The number of hydrogen-bond acceptors (Lipinski definition) is 8. The van der Waals surface area contributed by atoms with Gasteiger partial charge in [-0.3, -0.25) is 14.5 Å². The molecule has 2 aromatic heterocycles. The monoisotopic (exact) mass is 405 g/mol. The number of nitrogens with one attached hydrogen (secondary N) is 1. The summed E-state index contributed by atoms with van der Waals surface area (Å²) in [5, 5.41) is 3.28. The van der Waals surface area contributed by atoms with Gasteiger partial charge in [0.1, 0.15) is 4.88 Å². The number of aromatic nitrogens is 1. The van der Waals surface area contributed by atoms with Crippen molar-refractivity contribution in [2.75, 3.05) is 51.4 Å². The van der Waals surface area contributed by atoms with Gasteiger partial charge in [-0.15, -0.1) is 0 Å². The third kappa shape index (κ3) is 4.49. The Hall–Kier alpha value is -2.07. The molecule has 9 heteroatoms. The molecule has 0 aliphatic carbocycles. The first-order valence-electron chi connectivity index (χ1n) is 9.46. The van der Waals surface area contributed by atoms with E-state index in [9.17, 15) is 9.59 Å². The number of furan rings is 1. The maximum atomic E-state index is 13.1. The van der Waals surface area contributed by atoms with Crippen LogP contribution in [0.4, 0.5) is 5.13 Å². The summed E-state index contributed by atoms with van der Waals surface area (Å²) in [7, 11) is 0. The molecule has 2 aliphatic rings. The Morgan fingerprint density at radius 3 is 2.64 bits per heavy atom. The summed E-state index contributed by atoms with van der Waals surface area (Å²) in [5.74, 6) is -0.151. The molecule has 2 fully saturated rings. The lowest BCUT2D eigenvalue weighted by Gasteiger charge is -2.25. The predicted octanol–water partition coefficient (Wildman–Crippen LogP) is 2.28. The molecule has 0 spiro atoms. The van der Waals surface area contributed by atoms with Crippen molar-refractivity contribution in [2.45, 2.75) is 12.8 Å². The van der Waals surface area contributed by atoms with Crippen molar-refractivity contribution >= 4 is 28.2 Å². The number of thiazole rings is 1. The second-order valence-electron chi connectivity index (χ2n) is 6.90. The zero-order valence-corrected chi connectivity index (χ0v) is 16.3. The highest BCUT2D eigenvalue weighted by Crippen LogP contribution is 2.35. The standard InChI is InChI=1S/C19H23N3O5S/c23-15(11-22-4-9-26-10-5-22)20-19-21-16(14-3-8-27-12-14)18(28-19)17(24)13-1-6-25-7-2-13/h3,8,12-13H,1-2,4-7,9-11H2,(H,20,21,23). The van der Waals surface area contributed by atoms with E-state index in [0.717, 1.165) is 18.7 Å². The van der Waals surface area contributed by atoms with E-state index in [1.165, 1.54) is 11.3 Å². The quantitative estimate of drug-likeness (QED) is 0.737. The van der Waals surface area contributed by atoms with Crippen LogP contribution in [0, 0.1) is 5.92 Å². The molecule has 0 bridgehead atoms. The summed E-state index contributed by atoms with van der Waals surface area (Å²) >= 11 is 1.23. The Bertz CT molecular complexity index is 808. The van der Waals surface area contributed by atoms with Crippen molar-refractivity contribution in [2.24, 2.45) is 5.92 Å². The van der Waals surface area contributed by atoms with Gasteiger partial charge in [-0.1, -0.05) is 11.3 Å². The summed E-state index contributed by atoms with van der Waals surface area (Å²) in [5.41, 5.74) is 1.30. The molecular formula is C19H23N3O5S.